The Labute approximate surface area is 173 Å². The van der Waals surface area contributed by atoms with Crippen LogP contribution in [0.2, 0.25) is 5.02 Å². The van der Waals surface area contributed by atoms with Gasteiger partial charge in [-0.1, -0.05) is 29.8 Å². The van der Waals surface area contributed by atoms with E-state index in [1.165, 1.54) is 4.31 Å². The maximum Gasteiger partial charge on any atom is 0.213 e. The molecule has 0 saturated heterocycles. The molecular formula is C16H28ClIN4O2S. The Morgan fingerprint density at radius 3 is 2.48 bits per heavy atom. The molecule has 0 heterocycles. The van der Waals surface area contributed by atoms with Crippen LogP contribution >= 0.6 is 35.6 Å². The predicted octanol–water partition coefficient (Wildman–Crippen LogP) is 2.64. The minimum Gasteiger partial charge on any atom is -0.356 e. The van der Waals surface area contributed by atoms with Gasteiger partial charge in [0.2, 0.25) is 10.0 Å². The van der Waals surface area contributed by atoms with Gasteiger partial charge in [0.05, 0.1) is 5.75 Å². The number of hydrogen-bond donors (Lipinski definition) is 1. The Morgan fingerprint density at radius 2 is 1.92 bits per heavy atom. The quantitative estimate of drug-likeness (QED) is 0.257. The van der Waals surface area contributed by atoms with Gasteiger partial charge >= 0.3 is 0 Å². The largest absolute Gasteiger partial charge is 0.356 e. The highest BCUT2D eigenvalue weighted by atomic mass is 127. The van der Waals surface area contributed by atoms with E-state index in [4.69, 9.17) is 11.6 Å². The first kappa shape index (κ1) is 24.4. The summed E-state index contributed by atoms with van der Waals surface area (Å²) in [4.78, 5) is 6.23. The zero-order chi connectivity index (χ0) is 18.2. The minimum absolute atomic E-state index is 0. The maximum atomic E-state index is 11.7. The third kappa shape index (κ3) is 8.10. The molecule has 0 fully saturated rings. The summed E-state index contributed by atoms with van der Waals surface area (Å²) < 4.78 is 24.8. The number of rotatable bonds is 8. The molecule has 0 aliphatic rings. The average Bonchev–Trinajstić information content (AvgIpc) is 2.56. The molecule has 1 aromatic carbocycles. The van der Waals surface area contributed by atoms with Crippen LogP contribution in [-0.2, 0) is 16.6 Å². The molecule has 0 aromatic heterocycles. The van der Waals surface area contributed by atoms with Crippen molar-refractivity contribution in [2.75, 3.05) is 40.0 Å². The fraction of sp³-hybridized carbons (Fsp3) is 0.562. The Hall–Kier alpha value is -0.580. The van der Waals surface area contributed by atoms with Crippen LogP contribution in [0, 0.1) is 0 Å². The number of guanidine groups is 1. The van der Waals surface area contributed by atoms with Crippen molar-refractivity contribution in [3.05, 3.63) is 34.9 Å². The van der Waals surface area contributed by atoms with Crippen molar-refractivity contribution in [1.29, 1.82) is 0 Å². The average molecular weight is 503 g/mol. The third-order valence-corrected chi connectivity index (χ3v) is 5.94. The van der Waals surface area contributed by atoms with Crippen molar-refractivity contribution in [3.63, 3.8) is 0 Å². The summed E-state index contributed by atoms with van der Waals surface area (Å²) in [5.41, 5.74) is 1.03. The molecule has 144 valence electrons. The van der Waals surface area contributed by atoms with Crippen LogP contribution in [0.3, 0.4) is 0 Å². The van der Waals surface area contributed by atoms with Crippen LogP contribution < -0.4 is 5.32 Å². The second-order valence-corrected chi connectivity index (χ2v) is 8.27. The van der Waals surface area contributed by atoms with E-state index in [2.05, 4.69) is 10.3 Å². The van der Waals surface area contributed by atoms with Crippen molar-refractivity contribution in [1.82, 2.24) is 14.5 Å². The lowest BCUT2D eigenvalue weighted by Crippen LogP contribution is -2.40. The van der Waals surface area contributed by atoms with E-state index in [9.17, 15) is 8.42 Å². The van der Waals surface area contributed by atoms with Crippen LogP contribution in [0.1, 0.15) is 18.9 Å². The molecule has 1 rings (SSSR count). The first-order valence-electron chi connectivity index (χ1n) is 7.91. The predicted molar refractivity (Wildman–Crippen MR) is 116 cm³/mol. The first-order chi connectivity index (χ1) is 11.3. The monoisotopic (exact) mass is 502 g/mol. The SMILES string of the molecule is CCS(=O)(=O)N(C)CCCNC(=NC)N(C)Cc1ccccc1Cl.I. The molecule has 1 aromatic rings. The number of aliphatic imine (C=N–C) groups is 1. The molecule has 6 nitrogen and oxygen atoms in total. The maximum absolute atomic E-state index is 11.7. The normalized spacial score (nSPS) is 12.0. The third-order valence-electron chi connectivity index (χ3n) is 3.71. The summed E-state index contributed by atoms with van der Waals surface area (Å²) in [6, 6.07) is 7.70. The standard InChI is InChI=1S/C16H27ClN4O2S.HI/c1-5-24(22,23)21(4)12-8-11-19-16(18-2)20(3)13-14-9-6-7-10-15(14)17;/h6-7,9-10H,5,8,11-13H2,1-4H3,(H,18,19);1H. The van der Waals surface area contributed by atoms with Crippen molar-refractivity contribution in [3.8, 4) is 0 Å². The van der Waals surface area contributed by atoms with Gasteiger partial charge in [-0.05, 0) is 25.0 Å². The fourth-order valence-electron chi connectivity index (χ4n) is 2.20. The van der Waals surface area contributed by atoms with Crippen molar-refractivity contribution >= 4 is 51.6 Å². The van der Waals surface area contributed by atoms with E-state index in [1.54, 1.807) is 21.0 Å². The smallest absolute Gasteiger partial charge is 0.213 e. The van der Waals surface area contributed by atoms with Gasteiger partial charge in [0.25, 0.3) is 0 Å². The van der Waals surface area contributed by atoms with Crippen LogP contribution in [-0.4, -0.2) is 63.6 Å². The van der Waals surface area contributed by atoms with Gasteiger partial charge in [-0.2, -0.15) is 0 Å². The lowest BCUT2D eigenvalue weighted by Gasteiger charge is -2.23. The molecule has 1 N–H and O–H groups in total. The highest BCUT2D eigenvalue weighted by molar-refractivity contribution is 14.0. The highest BCUT2D eigenvalue weighted by Crippen LogP contribution is 2.16. The molecular weight excluding hydrogens is 475 g/mol. The number of benzene rings is 1. The first-order valence-corrected chi connectivity index (χ1v) is 9.89. The molecule has 0 atom stereocenters. The van der Waals surface area contributed by atoms with Crippen molar-refractivity contribution < 1.29 is 8.42 Å². The topological polar surface area (TPSA) is 65.0 Å². The van der Waals surface area contributed by atoms with Crippen LogP contribution in [0.25, 0.3) is 0 Å². The van der Waals surface area contributed by atoms with Crippen LogP contribution in [0.15, 0.2) is 29.3 Å². The second kappa shape index (κ2) is 11.9. The summed E-state index contributed by atoms with van der Waals surface area (Å²) in [6.07, 6.45) is 0.703. The summed E-state index contributed by atoms with van der Waals surface area (Å²) >= 11 is 6.18. The molecule has 0 spiro atoms. The van der Waals surface area contributed by atoms with Gasteiger partial charge in [-0.15, -0.1) is 24.0 Å². The van der Waals surface area contributed by atoms with Gasteiger partial charge < -0.3 is 10.2 Å². The van der Waals surface area contributed by atoms with Gasteiger partial charge in [0.15, 0.2) is 5.96 Å². The van der Waals surface area contributed by atoms with E-state index in [1.807, 2.05) is 36.2 Å². The van der Waals surface area contributed by atoms with E-state index in [0.717, 1.165) is 16.5 Å². The Kier molecular flexibility index (Phi) is 11.6. The van der Waals surface area contributed by atoms with E-state index >= 15 is 0 Å². The molecule has 0 bridgehead atoms. The highest BCUT2D eigenvalue weighted by Gasteiger charge is 2.14. The van der Waals surface area contributed by atoms with Gasteiger partial charge in [-0.3, -0.25) is 4.99 Å². The number of halogens is 2. The van der Waals surface area contributed by atoms with Gasteiger partial charge in [-0.25, -0.2) is 12.7 Å². The zero-order valence-electron chi connectivity index (χ0n) is 15.2. The second-order valence-electron chi connectivity index (χ2n) is 5.50. The molecule has 0 amide bonds. The minimum atomic E-state index is -3.12. The molecule has 0 radical (unpaired) electrons. The number of nitrogens with zero attached hydrogens (tertiary/aromatic N) is 3. The summed E-state index contributed by atoms with van der Waals surface area (Å²) in [7, 11) is 2.15. The molecule has 0 aliphatic carbocycles. The fourth-order valence-corrected chi connectivity index (χ4v) is 3.25. The van der Waals surface area contributed by atoms with Gasteiger partial charge in [0, 0.05) is 45.8 Å². The lowest BCUT2D eigenvalue weighted by molar-refractivity contribution is 0.450. The summed E-state index contributed by atoms with van der Waals surface area (Å²) in [6.45, 7) is 3.41. The number of sulfonamides is 1. The molecule has 25 heavy (non-hydrogen) atoms. The molecule has 0 saturated carbocycles. The van der Waals surface area contributed by atoms with Crippen LogP contribution in [0.4, 0.5) is 0 Å². The molecule has 0 unspecified atom stereocenters. The molecule has 9 heteroatoms. The molecule has 0 aliphatic heterocycles. The summed E-state index contributed by atoms with van der Waals surface area (Å²) in [5.74, 6) is 0.870. The number of nitrogens with one attached hydrogen (secondary N) is 1. The van der Waals surface area contributed by atoms with Crippen molar-refractivity contribution in [2.24, 2.45) is 4.99 Å². The zero-order valence-corrected chi connectivity index (χ0v) is 19.1. The van der Waals surface area contributed by atoms with E-state index in [-0.39, 0.29) is 29.7 Å². The Bertz CT molecular complexity index is 655. The Balaban J connectivity index is 0.00000576. The van der Waals surface area contributed by atoms with E-state index < -0.39 is 10.0 Å². The van der Waals surface area contributed by atoms with Crippen molar-refractivity contribution in [2.45, 2.75) is 19.9 Å². The lowest BCUT2D eigenvalue weighted by atomic mass is 10.2. The number of hydrogen-bond acceptors (Lipinski definition) is 3. The van der Waals surface area contributed by atoms with Gasteiger partial charge in [0.1, 0.15) is 0 Å². The Morgan fingerprint density at radius 1 is 1.28 bits per heavy atom. The summed E-state index contributed by atoms with van der Waals surface area (Å²) in [5, 5.41) is 3.97. The van der Waals surface area contributed by atoms with Crippen LogP contribution in [0.5, 0.6) is 0 Å². The van der Waals surface area contributed by atoms with E-state index in [0.29, 0.717) is 26.1 Å².